The number of carbonyl (C=O) groups is 1. The number of aryl methyl sites for hydroxylation is 2. The summed E-state index contributed by atoms with van der Waals surface area (Å²) in [5.41, 5.74) is 1.64. The second-order valence-corrected chi connectivity index (χ2v) is 6.21. The lowest BCUT2D eigenvalue weighted by atomic mass is 9.79. The molecule has 0 saturated heterocycles. The molecule has 1 aliphatic carbocycles. The van der Waals surface area contributed by atoms with Gasteiger partial charge >= 0.3 is 0 Å². The summed E-state index contributed by atoms with van der Waals surface area (Å²) in [7, 11) is 0. The van der Waals surface area contributed by atoms with Crippen LogP contribution in [0, 0.1) is 12.7 Å². The molecule has 4 heteroatoms. The van der Waals surface area contributed by atoms with E-state index in [4.69, 9.17) is 0 Å². The van der Waals surface area contributed by atoms with Gasteiger partial charge in [-0.05, 0) is 55.0 Å². The summed E-state index contributed by atoms with van der Waals surface area (Å²) in [5.74, 6) is -1.04. The SMILES string of the molecule is Cc1ccc(C(=O)NCC2(O)CCCc3ccccc32)c(F)c1. The largest absolute Gasteiger partial charge is 0.383 e. The van der Waals surface area contributed by atoms with Gasteiger partial charge in [0, 0.05) is 0 Å². The second-order valence-electron chi connectivity index (χ2n) is 6.21. The minimum atomic E-state index is -1.09. The van der Waals surface area contributed by atoms with Gasteiger partial charge in [0.2, 0.25) is 0 Å². The maximum atomic E-state index is 13.9. The van der Waals surface area contributed by atoms with Gasteiger partial charge in [0.25, 0.3) is 5.91 Å². The summed E-state index contributed by atoms with van der Waals surface area (Å²) in [4.78, 5) is 12.2. The van der Waals surface area contributed by atoms with Gasteiger partial charge < -0.3 is 10.4 Å². The Morgan fingerprint density at radius 1 is 1.30 bits per heavy atom. The van der Waals surface area contributed by atoms with Crippen LogP contribution in [0.5, 0.6) is 0 Å². The zero-order valence-electron chi connectivity index (χ0n) is 13.1. The minimum absolute atomic E-state index is 0.00305. The molecule has 3 nitrogen and oxygen atoms in total. The van der Waals surface area contributed by atoms with Crippen LogP contribution in [-0.2, 0) is 12.0 Å². The number of hydrogen-bond acceptors (Lipinski definition) is 2. The normalized spacial score (nSPS) is 20.0. The molecule has 120 valence electrons. The number of amides is 1. The fraction of sp³-hybridized carbons (Fsp3) is 0.316. The third-order valence-electron chi connectivity index (χ3n) is 4.47. The smallest absolute Gasteiger partial charge is 0.254 e. The van der Waals surface area contributed by atoms with Crippen LogP contribution in [0.4, 0.5) is 4.39 Å². The number of fused-ring (bicyclic) bond motifs is 1. The van der Waals surface area contributed by atoms with Crippen LogP contribution in [0.15, 0.2) is 42.5 Å². The highest BCUT2D eigenvalue weighted by atomic mass is 19.1. The fourth-order valence-electron chi connectivity index (χ4n) is 3.21. The summed E-state index contributed by atoms with van der Waals surface area (Å²) in [6, 6.07) is 12.2. The molecule has 0 aromatic heterocycles. The quantitative estimate of drug-likeness (QED) is 0.915. The lowest BCUT2D eigenvalue weighted by Crippen LogP contribution is -2.43. The van der Waals surface area contributed by atoms with Gasteiger partial charge in [0.1, 0.15) is 11.4 Å². The average molecular weight is 313 g/mol. The van der Waals surface area contributed by atoms with Crippen LogP contribution in [-0.4, -0.2) is 17.6 Å². The third kappa shape index (κ3) is 3.13. The number of aliphatic hydroxyl groups is 1. The summed E-state index contributed by atoms with van der Waals surface area (Å²) in [6.45, 7) is 1.85. The second kappa shape index (κ2) is 6.13. The van der Waals surface area contributed by atoms with Crippen LogP contribution in [0.3, 0.4) is 0 Å². The molecule has 2 aromatic carbocycles. The first-order valence-corrected chi connectivity index (χ1v) is 7.85. The molecule has 0 heterocycles. The van der Waals surface area contributed by atoms with Crippen LogP contribution >= 0.6 is 0 Å². The summed E-state index contributed by atoms with van der Waals surface area (Å²) in [6.07, 6.45) is 2.38. The lowest BCUT2D eigenvalue weighted by molar-refractivity contribution is 0.0189. The van der Waals surface area contributed by atoms with Gasteiger partial charge in [-0.2, -0.15) is 0 Å². The van der Waals surface area contributed by atoms with Crippen molar-refractivity contribution in [3.63, 3.8) is 0 Å². The first-order valence-electron chi connectivity index (χ1n) is 7.85. The minimum Gasteiger partial charge on any atom is -0.383 e. The number of benzene rings is 2. The molecule has 3 rings (SSSR count). The van der Waals surface area contributed by atoms with E-state index in [9.17, 15) is 14.3 Å². The van der Waals surface area contributed by atoms with Crippen LogP contribution in [0.1, 0.15) is 39.9 Å². The van der Waals surface area contributed by atoms with Gasteiger partial charge in [-0.25, -0.2) is 4.39 Å². The molecule has 1 aliphatic rings. The Hall–Kier alpha value is -2.20. The molecule has 1 atom stereocenters. The van der Waals surface area contributed by atoms with E-state index in [0.29, 0.717) is 6.42 Å². The molecular formula is C19H20FNO2. The number of hydrogen-bond donors (Lipinski definition) is 2. The van der Waals surface area contributed by atoms with Gasteiger partial charge in [-0.3, -0.25) is 4.79 Å². The van der Waals surface area contributed by atoms with Gasteiger partial charge in [-0.1, -0.05) is 30.3 Å². The number of carbonyl (C=O) groups excluding carboxylic acids is 1. The molecule has 0 aliphatic heterocycles. The number of halogens is 1. The zero-order chi connectivity index (χ0) is 16.4. The van der Waals surface area contributed by atoms with Gasteiger partial charge in [-0.15, -0.1) is 0 Å². The molecule has 1 amide bonds. The van der Waals surface area contributed by atoms with Crippen molar-refractivity contribution in [3.05, 3.63) is 70.5 Å². The maximum absolute atomic E-state index is 13.9. The Morgan fingerprint density at radius 2 is 2.09 bits per heavy atom. The average Bonchev–Trinajstić information content (AvgIpc) is 2.53. The van der Waals surface area contributed by atoms with E-state index in [0.717, 1.165) is 29.5 Å². The van der Waals surface area contributed by atoms with Crippen molar-refractivity contribution < 1.29 is 14.3 Å². The molecule has 0 radical (unpaired) electrons. The Balaban J connectivity index is 1.77. The molecule has 2 aromatic rings. The van der Waals surface area contributed by atoms with Crippen molar-refractivity contribution in [3.8, 4) is 0 Å². The molecule has 0 bridgehead atoms. The highest BCUT2D eigenvalue weighted by molar-refractivity contribution is 5.94. The molecule has 1 unspecified atom stereocenters. The van der Waals surface area contributed by atoms with Crippen molar-refractivity contribution >= 4 is 5.91 Å². The third-order valence-corrected chi connectivity index (χ3v) is 4.47. The topological polar surface area (TPSA) is 49.3 Å². The van der Waals surface area contributed by atoms with Crippen molar-refractivity contribution in [1.82, 2.24) is 5.32 Å². The van der Waals surface area contributed by atoms with E-state index < -0.39 is 17.3 Å². The first-order chi connectivity index (χ1) is 11.0. The van der Waals surface area contributed by atoms with Crippen LogP contribution in [0.2, 0.25) is 0 Å². The first kappa shape index (κ1) is 15.7. The summed E-state index contributed by atoms with van der Waals surface area (Å²) >= 11 is 0. The number of rotatable bonds is 3. The van der Waals surface area contributed by atoms with E-state index in [1.165, 1.54) is 12.1 Å². The molecule has 0 spiro atoms. The standard InChI is InChI=1S/C19H20FNO2/c1-13-8-9-15(17(20)11-13)18(22)21-12-19(23)10-4-6-14-5-2-3-7-16(14)19/h2-3,5,7-9,11,23H,4,6,10,12H2,1H3,(H,21,22). The lowest BCUT2D eigenvalue weighted by Gasteiger charge is -2.34. The monoisotopic (exact) mass is 313 g/mol. The molecule has 2 N–H and O–H groups in total. The van der Waals surface area contributed by atoms with Crippen molar-refractivity contribution in [2.45, 2.75) is 31.8 Å². The predicted molar refractivity (Wildman–Crippen MR) is 86.7 cm³/mol. The Morgan fingerprint density at radius 3 is 2.87 bits per heavy atom. The summed E-state index contributed by atoms with van der Waals surface area (Å²) < 4.78 is 13.9. The fourth-order valence-corrected chi connectivity index (χ4v) is 3.21. The molecule has 0 fully saturated rings. The van der Waals surface area contributed by atoms with Crippen molar-refractivity contribution in [2.75, 3.05) is 6.54 Å². The molecule has 0 saturated carbocycles. The van der Waals surface area contributed by atoms with Crippen LogP contribution < -0.4 is 5.32 Å². The Kier molecular flexibility index (Phi) is 4.18. The van der Waals surface area contributed by atoms with Gasteiger partial charge in [0.05, 0.1) is 12.1 Å². The van der Waals surface area contributed by atoms with E-state index in [1.807, 2.05) is 24.3 Å². The van der Waals surface area contributed by atoms with Crippen molar-refractivity contribution in [1.29, 1.82) is 0 Å². The van der Waals surface area contributed by atoms with E-state index >= 15 is 0 Å². The Labute approximate surface area is 135 Å². The predicted octanol–water partition coefficient (Wildman–Crippen LogP) is 3.09. The van der Waals surface area contributed by atoms with E-state index in [2.05, 4.69) is 5.32 Å². The van der Waals surface area contributed by atoms with E-state index in [1.54, 1.807) is 13.0 Å². The van der Waals surface area contributed by atoms with E-state index in [-0.39, 0.29) is 12.1 Å². The van der Waals surface area contributed by atoms with Crippen molar-refractivity contribution in [2.24, 2.45) is 0 Å². The highest BCUT2D eigenvalue weighted by Crippen LogP contribution is 2.34. The maximum Gasteiger partial charge on any atom is 0.254 e. The molecular weight excluding hydrogens is 293 g/mol. The summed E-state index contributed by atoms with van der Waals surface area (Å²) in [5, 5.41) is 13.6. The zero-order valence-corrected chi connectivity index (χ0v) is 13.1. The highest BCUT2D eigenvalue weighted by Gasteiger charge is 2.34. The Bertz CT molecular complexity index is 744. The molecule has 23 heavy (non-hydrogen) atoms. The van der Waals surface area contributed by atoms with Gasteiger partial charge in [0.15, 0.2) is 0 Å². The van der Waals surface area contributed by atoms with Crippen LogP contribution in [0.25, 0.3) is 0 Å². The number of nitrogens with one attached hydrogen (secondary N) is 1.